The Morgan fingerprint density at radius 2 is 1.83 bits per heavy atom. The number of nitrogens with zero attached hydrogens (tertiary/aromatic N) is 2. The Balaban J connectivity index is 1.54. The number of carbonyl (C=O) groups excluding carboxylic acids is 2. The molecule has 2 aliphatic heterocycles. The van der Waals surface area contributed by atoms with Crippen LogP contribution >= 0.6 is 23.4 Å². The van der Waals surface area contributed by atoms with Crippen LogP contribution in [-0.4, -0.2) is 43.4 Å². The van der Waals surface area contributed by atoms with Crippen molar-refractivity contribution in [3.05, 3.63) is 82.9 Å². The topological polar surface area (TPSA) is 71.1 Å². The molecule has 180 valence electrons. The molecule has 0 saturated carbocycles. The van der Waals surface area contributed by atoms with E-state index in [0.717, 1.165) is 16.8 Å². The normalized spacial score (nSPS) is 18.7. The van der Waals surface area contributed by atoms with E-state index >= 15 is 0 Å². The number of carbonyl (C=O) groups is 2. The van der Waals surface area contributed by atoms with Crippen LogP contribution < -0.4 is 19.7 Å². The van der Waals surface area contributed by atoms with Crippen LogP contribution in [0.2, 0.25) is 5.02 Å². The number of nitrogens with one attached hydrogen (secondary N) is 1. The molecule has 9 heteroatoms. The van der Waals surface area contributed by atoms with Gasteiger partial charge in [0.15, 0.2) is 4.87 Å². The molecule has 35 heavy (non-hydrogen) atoms. The molecule has 1 atom stereocenters. The number of hydrogen-bond donors (Lipinski definition) is 1. The first-order chi connectivity index (χ1) is 17.0. The quantitative estimate of drug-likeness (QED) is 0.503. The highest BCUT2D eigenvalue weighted by Gasteiger charge is 2.59. The van der Waals surface area contributed by atoms with E-state index in [1.807, 2.05) is 36.4 Å². The van der Waals surface area contributed by atoms with E-state index in [1.54, 1.807) is 54.4 Å². The SMILES string of the molecule is COc1cccc(NC(=O)N2CCS[C@@]23C(=O)N(Cc2ccccc2Cl)c2ccc(OC)cc23)c1. The summed E-state index contributed by atoms with van der Waals surface area (Å²) in [5.74, 6) is 1.69. The van der Waals surface area contributed by atoms with E-state index in [9.17, 15) is 9.59 Å². The first-order valence-electron chi connectivity index (χ1n) is 11.1. The predicted octanol–water partition coefficient (Wildman–Crippen LogP) is 5.34. The van der Waals surface area contributed by atoms with Gasteiger partial charge in [0, 0.05) is 34.6 Å². The maximum atomic E-state index is 14.1. The molecule has 1 N–H and O–H groups in total. The Bertz CT molecular complexity index is 1300. The van der Waals surface area contributed by atoms with Crippen LogP contribution in [0.25, 0.3) is 0 Å². The smallest absolute Gasteiger partial charge is 0.323 e. The molecule has 7 nitrogen and oxygen atoms in total. The van der Waals surface area contributed by atoms with Crippen molar-refractivity contribution in [3.8, 4) is 11.5 Å². The maximum Gasteiger partial charge on any atom is 0.323 e. The van der Waals surface area contributed by atoms with Crippen molar-refractivity contribution in [1.82, 2.24) is 4.90 Å². The van der Waals surface area contributed by atoms with Crippen LogP contribution in [0, 0.1) is 0 Å². The summed E-state index contributed by atoms with van der Waals surface area (Å²) in [6.07, 6.45) is 0. The van der Waals surface area contributed by atoms with Crippen LogP contribution in [0.4, 0.5) is 16.2 Å². The number of halogens is 1. The first-order valence-corrected chi connectivity index (χ1v) is 12.4. The summed E-state index contributed by atoms with van der Waals surface area (Å²) in [4.78, 5) is 29.8. The third-order valence-electron chi connectivity index (χ3n) is 6.25. The lowest BCUT2D eigenvalue weighted by Gasteiger charge is -2.33. The Morgan fingerprint density at radius 1 is 1.06 bits per heavy atom. The number of hydrogen-bond acceptors (Lipinski definition) is 5. The third-order valence-corrected chi connectivity index (χ3v) is 8.04. The van der Waals surface area contributed by atoms with Crippen LogP contribution in [-0.2, 0) is 16.2 Å². The Morgan fingerprint density at radius 3 is 2.60 bits per heavy atom. The van der Waals surface area contributed by atoms with E-state index in [1.165, 1.54) is 11.8 Å². The fourth-order valence-electron chi connectivity index (χ4n) is 4.57. The number of amides is 3. The summed E-state index contributed by atoms with van der Waals surface area (Å²) in [5, 5.41) is 3.52. The molecule has 2 aliphatic rings. The predicted molar refractivity (Wildman–Crippen MR) is 138 cm³/mol. The fraction of sp³-hybridized carbons (Fsp3) is 0.231. The minimum atomic E-state index is -1.20. The van der Waals surface area contributed by atoms with Gasteiger partial charge in [-0.2, -0.15) is 0 Å². The maximum absolute atomic E-state index is 14.1. The molecule has 0 aromatic heterocycles. The summed E-state index contributed by atoms with van der Waals surface area (Å²) >= 11 is 7.88. The Labute approximate surface area is 212 Å². The Kier molecular flexibility index (Phi) is 6.25. The summed E-state index contributed by atoms with van der Waals surface area (Å²) < 4.78 is 10.7. The monoisotopic (exact) mass is 509 g/mol. The van der Waals surface area contributed by atoms with Crippen molar-refractivity contribution in [2.45, 2.75) is 11.4 Å². The van der Waals surface area contributed by atoms with Gasteiger partial charge in [-0.1, -0.05) is 35.9 Å². The highest BCUT2D eigenvalue weighted by Crippen LogP contribution is 2.55. The van der Waals surface area contributed by atoms with Gasteiger partial charge < -0.3 is 19.7 Å². The van der Waals surface area contributed by atoms with Crippen LogP contribution in [0.1, 0.15) is 11.1 Å². The molecule has 1 saturated heterocycles. The molecule has 0 bridgehead atoms. The standard InChI is InChI=1S/C26H24ClN3O4S/c1-33-19-8-5-7-18(14-19)28-25(32)30-12-13-35-26(30)21-15-20(34-2)10-11-23(21)29(24(26)31)16-17-6-3-4-9-22(17)27/h3-11,14-15H,12-13,16H2,1-2H3,(H,28,32)/t26-/m0/s1. The van der Waals surface area contributed by atoms with Gasteiger partial charge in [0.25, 0.3) is 5.91 Å². The molecule has 0 radical (unpaired) electrons. The number of benzene rings is 3. The highest BCUT2D eigenvalue weighted by molar-refractivity contribution is 8.01. The number of fused-ring (bicyclic) bond motifs is 2. The highest BCUT2D eigenvalue weighted by atomic mass is 35.5. The van der Waals surface area contributed by atoms with E-state index < -0.39 is 4.87 Å². The van der Waals surface area contributed by atoms with E-state index in [-0.39, 0.29) is 11.9 Å². The molecule has 1 spiro atoms. The zero-order chi connectivity index (χ0) is 24.6. The average Bonchev–Trinajstić information content (AvgIpc) is 3.42. The molecule has 2 heterocycles. The molecule has 0 unspecified atom stereocenters. The third kappa shape index (κ3) is 3.96. The lowest BCUT2D eigenvalue weighted by molar-refractivity contribution is -0.123. The van der Waals surface area contributed by atoms with Crippen molar-refractivity contribution in [3.63, 3.8) is 0 Å². The fourth-order valence-corrected chi connectivity index (χ4v) is 6.21. The lowest BCUT2D eigenvalue weighted by Crippen LogP contribution is -2.51. The summed E-state index contributed by atoms with van der Waals surface area (Å²) in [7, 11) is 3.16. The van der Waals surface area contributed by atoms with Gasteiger partial charge in [0.1, 0.15) is 11.5 Å². The zero-order valence-electron chi connectivity index (χ0n) is 19.3. The molecule has 1 fully saturated rings. The number of ether oxygens (including phenoxy) is 2. The van der Waals surface area contributed by atoms with Crippen molar-refractivity contribution in [2.75, 3.05) is 36.7 Å². The van der Waals surface area contributed by atoms with Gasteiger partial charge in [-0.15, -0.1) is 11.8 Å². The average molecular weight is 510 g/mol. The van der Waals surface area contributed by atoms with E-state index in [2.05, 4.69) is 5.32 Å². The minimum absolute atomic E-state index is 0.177. The molecule has 5 rings (SSSR count). The second-order valence-corrected chi connectivity index (χ2v) is 9.87. The molecule has 0 aliphatic carbocycles. The Hall–Kier alpha value is -3.36. The van der Waals surface area contributed by atoms with Gasteiger partial charge in [0.05, 0.1) is 26.5 Å². The van der Waals surface area contributed by atoms with Crippen molar-refractivity contribution in [1.29, 1.82) is 0 Å². The van der Waals surface area contributed by atoms with E-state index in [0.29, 0.717) is 41.1 Å². The van der Waals surface area contributed by atoms with E-state index in [4.69, 9.17) is 21.1 Å². The zero-order valence-corrected chi connectivity index (χ0v) is 20.9. The number of anilines is 2. The second kappa shape index (κ2) is 9.36. The molecule has 3 amide bonds. The van der Waals surface area contributed by atoms with Crippen LogP contribution in [0.15, 0.2) is 66.7 Å². The lowest BCUT2D eigenvalue weighted by atomic mass is 10.1. The molecule has 3 aromatic carbocycles. The van der Waals surface area contributed by atoms with Crippen molar-refractivity contribution in [2.24, 2.45) is 0 Å². The van der Waals surface area contributed by atoms with Crippen LogP contribution in [0.5, 0.6) is 11.5 Å². The van der Waals surface area contributed by atoms with Gasteiger partial charge in [-0.3, -0.25) is 9.69 Å². The van der Waals surface area contributed by atoms with Crippen molar-refractivity contribution >= 4 is 46.7 Å². The van der Waals surface area contributed by atoms with Gasteiger partial charge in [0.2, 0.25) is 0 Å². The van der Waals surface area contributed by atoms with Crippen molar-refractivity contribution < 1.29 is 19.1 Å². The van der Waals surface area contributed by atoms with Gasteiger partial charge >= 0.3 is 6.03 Å². The minimum Gasteiger partial charge on any atom is -0.497 e. The largest absolute Gasteiger partial charge is 0.497 e. The second-order valence-electron chi connectivity index (χ2n) is 8.17. The summed E-state index contributed by atoms with van der Waals surface area (Å²) in [6, 6.07) is 19.8. The molecular formula is C26H24ClN3O4S. The first kappa shape index (κ1) is 23.4. The number of rotatable bonds is 5. The van der Waals surface area contributed by atoms with Crippen LogP contribution in [0.3, 0.4) is 0 Å². The number of thioether (sulfide) groups is 1. The molecule has 3 aromatic rings. The summed E-state index contributed by atoms with van der Waals surface area (Å²) in [6.45, 7) is 0.717. The van der Waals surface area contributed by atoms with Gasteiger partial charge in [-0.25, -0.2) is 4.79 Å². The molecular weight excluding hydrogens is 486 g/mol. The number of methoxy groups -OCH3 is 2. The van der Waals surface area contributed by atoms with Gasteiger partial charge in [-0.05, 0) is 42.0 Å². The summed E-state index contributed by atoms with van der Waals surface area (Å²) in [5.41, 5.74) is 2.89. The number of urea groups is 1.